The van der Waals surface area contributed by atoms with Crippen LogP contribution < -0.4 is 4.74 Å². The molecule has 0 N–H and O–H groups in total. The molecule has 0 aromatic carbocycles. The highest BCUT2D eigenvalue weighted by Gasteiger charge is 2.32. The van der Waals surface area contributed by atoms with Crippen molar-refractivity contribution < 1.29 is 19.1 Å². The first-order chi connectivity index (χ1) is 12.0. The average molecular weight is 345 g/mol. The standard InChI is InChI=1S/C18H23N3O4/c1-13-3-2-8-19-18(13)25-12-14-6-9-20(10-7-14)17(24)11-21-15(22)4-5-16(21)23/h2-3,8,14H,4-7,9-12H2,1H3. The molecule has 2 saturated heterocycles. The van der Waals surface area contributed by atoms with Gasteiger partial charge in [-0.25, -0.2) is 4.98 Å². The van der Waals surface area contributed by atoms with Crippen molar-refractivity contribution in [3.8, 4) is 5.88 Å². The van der Waals surface area contributed by atoms with Gasteiger partial charge in [0.05, 0.1) is 6.61 Å². The van der Waals surface area contributed by atoms with Crippen molar-refractivity contribution >= 4 is 17.7 Å². The van der Waals surface area contributed by atoms with E-state index in [-0.39, 0.29) is 37.1 Å². The summed E-state index contributed by atoms with van der Waals surface area (Å²) in [7, 11) is 0. The van der Waals surface area contributed by atoms with Crippen LogP contribution in [0.2, 0.25) is 0 Å². The summed E-state index contributed by atoms with van der Waals surface area (Å²) in [4.78, 5) is 42.6. The first kappa shape index (κ1) is 17.4. The number of hydrogen-bond acceptors (Lipinski definition) is 5. The SMILES string of the molecule is Cc1cccnc1OCC1CCN(C(=O)CN2C(=O)CCC2=O)CC1. The number of hydrogen-bond donors (Lipinski definition) is 0. The van der Waals surface area contributed by atoms with Crippen molar-refractivity contribution in [2.75, 3.05) is 26.2 Å². The third-order valence-corrected chi connectivity index (χ3v) is 4.83. The molecule has 2 fully saturated rings. The van der Waals surface area contributed by atoms with E-state index < -0.39 is 0 Å². The molecule has 7 nitrogen and oxygen atoms in total. The summed E-state index contributed by atoms with van der Waals surface area (Å²) in [5.74, 6) is 0.399. The minimum atomic E-state index is -0.243. The lowest BCUT2D eigenvalue weighted by atomic mass is 9.98. The van der Waals surface area contributed by atoms with E-state index in [0.717, 1.165) is 23.3 Å². The topological polar surface area (TPSA) is 79.8 Å². The van der Waals surface area contributed by atoms with Crippen molar-refractivity contribution in [3.63, 3.8) is 0 Å². The van der Waals surface area contributed by atoms with Gasteiger partial charge in [-0.15, -0.1) is 0 Å². The zero-order valence-corrected chi connectivity index (χ0v) is 14.4. The number of aryl methyl sites for hydroxylation is 1. The van der Waals surface area contributed by atoms with Crippen LogP contribution in [0.3, 0.4) is 0 Å². The van der Waals surface area contributed by atoms with Gasteiger partial charge in [0.1, 0.15) is 6.54 Å². The zero-order valence-electron chi connectivity index (χ0n) is 14.4. The highest BCUT2D eigenvalue weighted by atomic mass is 16.5. The van der Waals surface area contributed by atoms with Gasteiger partial charge in [0.2, 0.25) is 23.6 Å². The number of pyridine rings is 1. The van der Waals surface area contributed by atoms with Gasteiger partial charge in [-0.1, -0.05) is 6.07 Å². The van der Waals surface area contributed by atoms with E-state index >= 15 is 0 Å². The second kappa shape index (κ2) is 7.63. The Bertz CT molecular complexity index is 652. The second-order valence-corrected chi connectivity index (χ2v) is 6.63. The van der Waals surface area contributed by atoms with Crippen LogP contribution in [0.25, 0.3) is 0 Å². The molecule has 0 bridgehead atoms. The lowest BCUT2D eigenvalue weighted by Crippen LogP contribution is -2.46. The van der Waals surface area contributed by atoms with Gasteiger partial charge in [-0.2, -0.15) is 0 Å². The number of rotatable bonds is 5. The number of imide groups is 1. The molecule has 0 spiro atoms. The Labute approximate surface area is 147 Å². The molecule has 0 atom stereocenters. The highest BCUT2D eigenvalue weighted by molar-refractivity contribution is 6.04. The molecular weight excluding hydrogens is 322 g/mol. The molecule has 2 aliphatic heterocycles. The lowest BCUT2D eigenvalue weighted by molar-refractivity contribution is -0.146. The van der Waals surface area contributed by atoms with Gasteiger partial charge in [0, 0.05) is 37.7 Å². The summed E-state index contributed by atoms with van der Waals surface area (Å²) in [5, 5.41) is 0. The van der Waals surface area contributed by atoms with Crippen LogP contribution in [-0.4, -0.2) is 58.7 Å². The van der Waals surface area contributed by atoms with Crippen LogP contribution in [0.1, 0.15) is 31.2 Å². The quantitative estimate of drug-likeness (QED) is 0.748. The van der Waals surface area contributed by atoms with E-state index in [9.17, 15) is 14.4 Å². The van der Waals surface area contributed by atoms with Crippen LogP contribution in [0.4, 0.5) is 0 Å². The fraction of sp³-hybridized carbons (Fsp3) is 0.556. The molecule has 3 amide bonds. The summed E-state index contributed by atoms with van der Waals surface area (Å²) < 4.78 is 5.80. The smallest absolute Gasteiger partial charge is 0.242 e. The summed E-state index contributed by atoms with van der Waals surface area (Å²) in [6.45, 7) is 3.69. The van der Waals surface area contributed by atoms with Gasteiger partial charge in [0.25, 0.3) is 0 Å². The molecule has 1 aromatic heterocycles. The fourth-order valence-electron chi connectivity index (χ4n) is 3.20. The molecular formula is C18H23N3O4. The predicted molar refractivity (Wildman–Crippen MR) is 89.7 cm³/mol. The molecule has 3 heterocycles. The van der Waals surface area contributed by atoms with Crippen molar-refractivity contribution in [1.29, 1.82) is 0 Å². The summed E-state index contributed by atoms with van der Waals surface area (Å²) >= 11 is 0. The van der Waals surface area contributed by atoms with Crippen molar-refractivity contribution in [3.05, 3.63) is 23.9 Å². The maximum absolute atomic E-state index is 12.3. The Hall–Kier alpha value is -2.44. The number of piperidine rings is 1. The first-order valence-corrected chi connectivity index (χ1v) is 8.70. The highest BCUT2D eigenvalue weighted by Crippen LogP contribution is 2.21. The molecule has 0 radical (unpaired) electrons. The summed E-state index contributed by atoms with van der Waals surface area (Å²) in [6.07, 6.45) is 3.85. The molecule has 3 rings (SSSR count). The normalized spacial score (nSPS) is 18.8. The van der Waals surface area contributed by atoms with Crippen molar-refractivity contribution in [2.24, 2.45) is 5.92 Å². The first-order valence-electron chi connectivity index (χ1n) is 8.70. The number of likely N-dealkylation sites (tertiary alicyclic amines) is 2. The van der Waals surface area contributed by atoms with Crippen LogP contribution in [0, 0.1) is 12.8 Å². The third kappa shape index (κ3) is 4.15. The fourth-order valence-corrected chi connectivity index (χ4v) is 3.20. The van der Waals surface area contributed by atoms with E-state index in [1.807, 2.05) is 19.1 Å². The molecule has 25 heavy (non-hydrogen) atoms. The number of ether oxygens (including phenoxy) is 1. The Kier molecular flexibility index (Phi) is 5.31. The van der Waals surface area contributed by atoms with E-state index in [1.165, 1.54) is 0 Å². The van der Waals surface area contributed by atoms with Gasteiger partial charge >= 0.3 is 0 Å². The Balaban J connectivity index is 1.44. The molecule has 0 saturated carbocycles. The number of amides is 3. The maximum Gasteiger partial charge on any atom is 0.242 e. The molecule has 7 heteroatoms. The van der Waals surface area contributed by atoms with Crippen molar-refractivity contribution in [1.82, 2.24) is 14.8 Å². The number of aromatic nitrogens is 1. The second-order valence-electron chi connectivity index (χ2n) is 6.63. The van der Waals surface area contributed by atoms with Gasteiger partial charge in [-0.05, 0) is 31.7 Å². The lowest BCUT2D eigenvalue weighted by Gasteiger charge is -2.32. The van der Waals surface area contributed by atoms with Crippen LogP contribution in [0.5, 0.6) is 5.88 Å². The Morgan fingerprint density at radius 1 is 1.24 bits per heavy atom. The van der Waals surface area contributed by atoms with Gasteiger partial charge < -0.3 is 9.64 Å². The minimum Gasteiger partial charge on any atom is -0.477 e. The molecule has 2 aliphatic rings. The van der Waals surface area contributed by atoms with Gasteiger partial charge in [-0.3, -0.25) is 19.3 Å². The van der Waals surface area contributed by atoms with E-state index in [0.29, 0.717) is 31.5 Å². The Morgan fingerprint density at radius 3 is 2.56 bits per heavy atom. The van der Waals surface area contributed by atoms with E-state index in [2.05, 4.69) is 4.98 Å². The largest absolute Gasteiger partial charge is 0.477 e. The molecule has 134 valence electrons. The predicted octanol–water partition coefficient (Wildman–Crippen LogP) is 1.16. The Morgan fingerprint density at radius 2 is 1.92 bits per heavy atom. The summed E-state index contributed by atoms with van der Waals surface area (Å²) in [6, 6.07) is 3.84. The van der Waals surface area contributed by atoms with Crippen LogP contribution >= 0.6 is 0 Å². The minimum absolute atomic E-state index is 0.119. The van der Waals surface area contributed by atoms with Crippen molar-refractivity contribution in [2.45, 2.75) is 32.6 Å². The zero-order chi connectivity index (χ0) is 17.8. The van der Waals surface area contributed by atoms with E-state index in [4.69, 9.17) is 4.74 Å². The number of carbonyl (C=O) groups is 3. The van der Waals surface area contributed by atoms with Crippen LogP contribution in [0.15, 0.2) is 18.3 Å². The van der Waals surface area contributed by atoms with E-state index in [1.54, 1.807) is 11.1 Å². The molecule has 0 aliphatic carbocycles. The van der Waals surface area contributed by atoms with Crippen LogP contribution in [-0.2, 0) is 14.4 Å². The molecule has 1 aromatic rings. The number of nitrogens with zero attached hydrogens (tertiary/aromatic N) is 3. The van der Waals surface area contributed by atoms with Gasteiger partial charge in [0.15, 0.2) is 0 Å². The monoisotopic (exact) mass is 345 g/mol. The average Bonchev–Trinajstić information content (AvgIpc) is 2.93. The summed E-state index contributed by atoms with van der Waals surface area (Å²) in [5.41, 5.74) is 1.01. The molecule has 0 unspecified atom stereocenters. The number of carbonyl (C=O) groups excluding carboxylic acids is 3. The maximum atomic E-state index is 12.3. The third-order valence-electron chi connectivity index (χ3n) is 4.83.